The number of piperidine rings is 1. The highest BCUT2D eigenvalue weighted by molar-refractivity contribution is 5.09. The Labute approximate surface area is 69.8 Å². The molecule has 0 spiro atoms. The second-order valence-electron chi connectivity index (χ2n) is 5.61. The maximum Gasteiger partial charge on any atom is 0.0125 e. The Morgan fingerprint density at radius 2 is 2.00 bits per heavy atom. The summed E-state index contributed by atoms with van der Waals surface area (Å²) in [6.07, 6.45) is 1.49. The van der Waals surface area contributed by atoms with E-state index in [0.29, 0.717) is 11.0 Å². The Kier molecular flexibility index (Phi) is 1.26. The summed E-state index contributed by atoms with van der Waals surface area (Å²) in [4.78, 5) is 2.63. The molecule has 0 aromatic heterocycles. The van der Waals surface area contributed by atoms with E-state index in [9.17, 15) is 0 Å². The lowest BCUT2D eigenvalue weighted by Crippen LogP contribution is -2.41. The molecule has 1 aliphatic heterocycles. The van der Waals surface area contributed by atoms with Gasteiger partial charge in [-0.25, -0.2) is 0 Å². The third-order valence-electron chi connectivity index (χ3n) is 3.48. The number of rotatable bonds is 0. The largest absolute Gasteiger partial charge is 0.298 e. The van der Waals surface area contributed by atoms with Crippen LogP contribution in [0.4, 0.5) is 0 Å². The summed E-state index contributed by atoms with van der Waals surface area (Å²) in [5.41, 5.74) is 1.11. The maximum atomic E-state index is 2.63. The molecule has 1 nitrogen and oxygen atoms in total. The molecule has 2 fully saturated rings. The van der Waals surface area contributed by atoms with Crippen molar-refractivity contribution in [1.82, 2.24) is 4.90 Å². The average Bonchev–Trinajstić information content (AvgIpc) is 2.30. The van der Waals surface area contributed by atoms with E-state index in [1.54, 1.807) is 0 Å². The molecule has 2 aliphatic rings. The molecule has 1 saturated carbocycles. The SMILES string of the molecule is CC12CC1CN(C(C)(C)C)C2. The van der Waals surface area contributed by atoms with Gasteiger partial charge in [0.1, 0.15) is 0 Å². The number of fused-ring (bicyclic) bond motifs is 1. The van der Waals surface area contributed by atoms with Gasteiger partial charge in [0, 0.05) is 18.6 Å². The van der Waals surface area contributed by atoms with Crippen molar-refractivity contribution in [1.29, 1.82) is 0 Å². The Bertz CT molecular complexity index is 180. The third-order valence-corrected chi connectivity index (χ3v) is 3.48. The van der Waals surface area contributed by atoms with Gasteiger partial charge in [0.25, 0.3) is 0 Å². The van der Waals surface area contributed by atoms with Crippen LogP contribution in [0, 0.1) is 11.3 Å². The fourth-order valence-electron chi connectivity index (χ4n) is 2.26. The van der Waals surface area contributed by atoms with Crippen LogP contribution in [0.25, 0.3) is 0 Å². The van der Waals surface area contributed by atoms with Gasteiger partial charge in [-0.15, -0.1) is 0 Å². The predicted molar refractivity (Wildman–Crippen MR) is 47.5 cm³/mol. The summed E-state index contributed by atoms with van der Waals surface area (Å²) < 4.78 is 0. The van der Waals surface area contributed by atoms with E-state index in [1.807, 2.05) is 0 Å². The van der Waals surface area contributed by atoms with Crippen molar-refractivity contribution in [2.24, 2.45) is 11.3 Å². The second-order valence-corrected chi connectivity index (χ2v) is 5.61. The summed E-state index contributed by atoms with van der Waals surface area (Å²) in [6.45, 7) is 12.1. The van der Waals surface area contributed by atoms with E-state index >= 15 is 0 Å². The number of hydrogen-bond acceptors (Lipinski definition) is 1. The molecule has 0 aromatic rings. The summed E-state index contributed by atoms with van der Waals surface area (Å²) in [7, 11) is 0. The second kappa shape index (κ2) is 1.82. The molecule has 64 valence electrons. The van der Waals surface area contributed by atoms with E-state index in [0.717, 1.165) is 5.92 Å². The van der Waals surface area contributed by atoms with Crippen LogP contribution in [0.1, 0.15) is 34.1 Å². The molecule has 0 N–H and O–H groups in total. The van der Waals surface area contributed by atoms with E-state index in [-0.39, 0.29) is 0 Å². The number of likely N-dealkylation sites (tertiary alicyclic amines) is 1. The molecule has 2 unspecified atom stereocenters. The highest BCUT2D eigenvalue weighted by Crippen LogP contribution is 2.58. The lowest BCUT2D eigenvalue weighted by atomic mass is 10.1. The minimum absolute atomic E-state index is 0.399. The van der Waals surface area contributed by atoms with Crippen molar-refractivity contribution in [3.8, 4) is 0 Å². The number of hydrogen-bond donors (Lipinski definition) is 0. The van der Waals surface area contributed by atoms with Crippen LogP contribution in [-0.4, -0.2) is 23.5 Å². The molecule has 1 aliphatic carbocycles. The zero-order valence-electron chi connectivity index (χ0n) is 8.15. The molecular weight excluding hydrogens is 134 g/mol. The van der Waals surface area contributed by atoms with Crippen LogP contribution < -0.4 is 0 Å². The van der Waals surface area contributed by atoms with E-state index in [1.165, 1.54) is 19.5 Å². The monoisotopic (exact) mass is 153 g/mol. The first kappa shape index (κ1) is 7.60. The van der Waals surface area contributed by atoms with Gasteiger partial charge >= 0.3 is 0 Å². The summed E-state index contributed by atoms with van der Waals surface area (Å²) in [5.74, 6) is 1.03. The van der Waals surface area contributed by atoms with Gasteiger partial charge in [0.2, 0.25) is 0 Å². The Morgan fingerprint density at radius 1 is 1.36 bits per heavy atom. The lowest BCUT2D eigenvalue weighted by Gasteiger charge is -2.33. The molecule has 0 amide bonds. The smallest absolute Gasteiger partial charge is 0.0125 e. The minimum atomic E-state index is 0.399. The van der Waals surface area contributed by atoms with Crippen LogP contribution in [0.2, 0.25) is 0 Å². The molecule has 2 atom stereocenters. The molecule has 1 heteroatoms. The molecule has 11 heavy (non-hydrogen) atoms. The van der Waals surface area contributed by atoms with Crippen LogP contribution in [-0.2, 0) is 0 Å². The topological polar surface area (TPSA) is 3.24 Å². The van der Waals surface area contributed by atoms with Crippen molar-refractivity contribution in [2.75, 3.05) is 13.1 Å². The predicted octanol–water partition coefficient (Wildman–Crippen LogP) is 2.13. The molecule has 1 heterocycles. The fourth-order valence-corrected chi connectivity index (χ4v) is 2.26. The summed E-state index contributed by atoms with van der Waals surface area (Å²) >= 11 is 0. The van der Waals surface area contributed by atoms with E-state index in [4.69, 9.17) is 0 Å². The highest BCUT2D eigenvalue weighted by atomic mass is 15.2. The van der Waals surface area contributed by atoms with Gasteiger partial charge in [-0.3, -0.25) is 4.90 Å². The van der Waals surface area contributed by atoms with Gasteiger partial charge in [-0.2, -0.15) is 0 Å². The molecular formula is C10H19N. The first-order valence-corrected chi connectivity index (χ1v) is 4.67. The zero-order chi connectivity index (χ0) is 8.28. The Balaban J connectivity index is 2.03. The van der Waals surface area contributed by atoms with Gasteiger partial charge in [-0.1, -0.05) is 6.92 Å². The van der Waals surface area contributed by atoms with Crippen LogP contribution >= 0.6 is 0 Å². The normalized spacial score (nSPS) is 44.2. The van der Waals surface area contributed by atoms with E-state index < -0.39 is 0 Å². The van der Waals surface area contributed by atoms with Crippen molar-refractivity contribution >= 4 is 0 Å². The maximum absolute atomic E-state index is 2.63. The minimum Gasteiger partial charge on any atom is -0.298 e. The first-order valence-electron chi connectivity index (χ1n) is 4.67. The Hall–Kier alpha value is -0.0400. The fraction of sp³-hybridized carbons (Fsp3) is 1.00. The van der Waals surface area contributed by atoms with Crippen LogP contribution in [0.3, 0.4) is 0 Å². The standard InChI is InChI=1S/C10H19N/c1-9(2,3)11-6-8-5-10(8,4)7-11/h8H,5-7H2,1-4H3. The first-order chi connectivity index (χ1) is 4.92. The lowest BCUT2D eigenvalue weighted by molar-refractivity contribution is 0.147. The third kappa shape index (κ3) is 1.10. The highest BCUT2D eigenvalue weighted by Gasteiger charge is 2.57. The van der Waals surface area contributed by atoms with Crippen LogP contribution in [0.15, 0.2) is 0 Å². The van der Waals surface area contributed by atoms with Gasteiger partial charge in [-0.05, 0) is 38.5 Å². The molecule has 1 saturated heterocycles. The number of nitrogens with zero attached hydrogens (tertiary/aromatic N) is 1. The van der Waals surface area contributed by atoms with Crippen molar-refractivity contribution < 1.29 is 0 Å². The summed E-state index contributed by atoms with van der Waals surface area (Å²) in [6, 6.07) is 0. The average molecular weight is 153 g/mol. The molecule has 0 aromatic carbocycles. The Morgan fingerprint density at radius 3 is 2.27 bits per heavy atom. The van der Waals surface area contributed by atoms with Gasteiger partial charge in [0.15, 0.2) is 0 Å². The van der Waals surface area contributed by atoms with Crippen molar-refractivity contribution in [3.63, 3.8) is 0 Å². The van der Waals surface area contributed by atoms with Gasteiger partial charge in [0.05, 0.1) is 0 Å². The molecule has 2 rings (SSSR count). The quantitative estimate of drug-likeness (QED) is 0.515. The summed E-state index contributed by atoms with van der Waals surface area (Å²) in [5, 5.41) is 0. The van der Waals surface area contributed by atoms with Crippen molar-refractivity contribution in [3.05, 3.63) is 0 Å². The molecule has 0 bridgehead atoms. The van der Waals surface area contributed by atoms with Crippen LogP contribution in [0.5, 0.6) is 0 Å². The zero-order valence-corrected chi connectivity index (χ0v) is 8.15. The van der Waals surface area contributed by atoms with Gasteiger partial charge < -0.3 is 0 Å². The molecule has 0 radical (unpaired) electrons. The van der Waals surface area contributed by atoms with E-state index in [2.05, 4.69) is 32.6 Å². The van der Waals surface area contributed by atoms with Crippen molar-refractivity contribution in [2.45, 2.75) is 39.7 Å².